The molecule has 2 aliphatic rings. The van der Waals surface area contributed by atoms with Crippen molar-refractivity contribution in [2.24, 2.45) is 11.8 Å². The second-order valence-corrected chi connectivity index (χ2v) is 7.30. The molecular formula is C17H34N2. The van der Waals surface area contributed by atoms with Crippen LogP contribution >= 0.6 is 0 Å². The molecule has 0 aliphatic heterocycles. The molecule has 2 aliphatic carbocycles. The number of nitrogens with zero attached hydrogens (tertiary/aromatic N) is 1. The van der Waals surface area contributed by atoms with Gasteiger partial charge >= 0.3 is 0 Å². The lowest BCUT2D eigenvalue weighted by molar-refractivity contribution is 0.0733. The molecular weight excluding hydrogens is 232 g/mol. The van der Waals surface area contributed by atoms with Gasteiger partial charge in [-0.1, -0.05) is 20.8 Å². The van der Waals surface area contributed by atoms with E-state index in [1.165, 1.54) is 44.9 Å². The first-order valence-corrected chi connectivity index (χ1v) is 8.55. The van der Waals surface area contributed by atoms with Gasteiger partial charge < -0.3 is 10.2 Å². The third kappa shape index (κ3) is 4.19. The third-order valence-electron chi connectivity index (χ3n) is 5.50. The summed E-state index contributed by atoms with van der Waals surface area (Å²) in [5, 5.41) is 3.62. The third-order valence-corrected chi connectivity index (χ3v) is 5.50. The normalized spacial score (nSPS) is 40.6. The molecule has 2 unspecified atom stereocenters. The molecule has 2 rings (SSSR count). The summed E-state index contributed by atoms with van der Waals surface area (Å²) in [6, 6.07) is 2.48. The minimum Gasteiger partial charge on any atom is -0.314 e. The molecule has 1 N–H and O–H groups in total. The first-order valence-electron chi connectivity index (χ1n) is 8.55. The number of nitrogens with one attached hydrogen (secondary N) is 1. The van der Waals surface area contributed by atoms with E-state index in [2.05, 4.69) is 38.0 Å². The van der Waals surface area contributed by atoms with Crippen molar-refractivity contribution in [1.29, 1.82) is 0 Å². The van der Waals surface area contributed by atoms with Gasteiger partial charge in [0.25, 0.3) is 0 Å². The number of hydrogen-bond acceptors (Lipinski definition) is 2. The molecule has 0 saturated heterocycles. The highest BCUT2D eigenvalue weighted by Crippen LogP contribution is 2.34. The van der Waals surface area contributed by atoms with E-state index in [4.69, 9.17) is 0 Å². The van der Waals surface area contributed by atoms with Crippen LogP contribution in [0.2, 0.25) is 0 Å². The van der Waals surface area contributed by atoms with Crippen LogP contribution in [0, 0.1) is 11.8 Å². The van der Waals surface area contributed by atoms with E-state index in [1.54, 1.807) is 0 Å². The Kier molecular flexibility index (Phi) is 5.70. The van der Waals surface area contributed by atoms with Crippen molar-refractivity contribution >= 4 is 0 Å². The van der Waals surface area contributed by atoms with Gasteiger partial charge in [-0.3, -0.25) is 0 Å². The Morgan fingerprint density at radius 3 is 2.00 bits per heavy atom. The van der Waals surface area contributed by atoms with Crippen molar-refractivity contribution < 1.29 is 0 Å². The smallest absolute Gasteiger partial charge is 0.0100 e. The fourth-order valence-corrected chi connectivity index (χ4v) is 4.51. The SMILES string of the molecule is CCNC1CCC(N(C)C2CC(C)CC(C)C2)CC1. The average Bonchev–Trinajstić information content (AvgIpc) is 2.38. The van der Waals surface area contributed by atoms with Crippen molar-refractivity contribution in [3.8, 4) is 0 Å². The zero-order valence-corrected chi connectivity index (χ0v) is 13.5. The first-order chi connectivity index (χ1) is 9.10. The molecule has 112 valence electrons. The molecule has 19 heavy (non-hydrogen) atoms. The minimum absolute atomic E-state index is 0.791. The summed E-state index contributed by atoms with van der Waals surface area (Å²) in [6.45, 7) is 8.24. The van der Waals surface area contributed by atoms with E-state index in [9.17, 15) is 0 Å². The van der Waals surface area contributed by atoms with Gasteiger partial charge in [-0.25, -0.2) is 0 Å². The van der Waals surface area contributed by atoms with Gasteiger partial charge in [-0.2, -0.15) is 0 Å². The molecule has 0 amide bonds. The largest absolute Gasteiger partial charge is 0.314 e. The van der Waals surface area contributed by atoms with Crippen LogP contribution in [0.3, 0.4) is 0 Å². The quantitative estimate of drug-likeness (QED) is 0.835. The maximum absolute atomic E-state index is 3.62. The topological polar surface area (TPSA) is 15.3 Å². The summed E-state index contributed by atoms with van der Waals surface area (Å²) in [7, 11) is 2.40. The van der Waals surface area contributed by atoms with Gasteiger partial charge in [-0.15, -0.1) is 0 Å². The fraction of sp³-hybridized carbons (Fsp3) is 1.00. The minimum atomic E-state index is 0.791. The van der Waals surface area contributed by atoms with E-state index in [-0.39, 0.29) is 0 Å². The summed E-state index contributed by atoms with van der Waals surface area (Å²) in [5.41, 5.74) is 0. The van der Waals surface area contributed by atoms with Crippen molar-refractivity contribution in [2.45, 2.75) is 83.8 Å². The summed E-state index contributed by atoms with van der Waals surface area (Å²) in [6.07, 6.45) is 9.83. The lowest BCUT2D eigenvalue weighted by Crippen LogP contribution is -2.47. The predicted octanol–water partition coefficient (Wildman–Crippen LogP) is 3.66. The molecule has 0 aromatic carbocycles. The standard InChI is InChI=1S/C17H34N2/c1-5-18-15-6-8-16(9-7-15)19(4)17-11-13(2)10-14(3)12-17/h13-18H,5-12H2,1-4H3. The van der Waals surface area contributed by atoms with Crippen LogP contribution in [0.15, 0.2) is 0 Å². The van der Waals surface area contributed by atoms with Crippen LogP contribution in [0.4, 0.5) is 0 Å². The monoisotopic (exact) mass is 266 g/mol. The average molecular weight is 266 g/mol. The number of rotatable bonds is 4. The van der Waals surface area contributed by atoms with Gasteiger partial charge in [0.15, 0.2) is 0 Å². The van der Waals surface area contributed by atoms with E-state index < -0.39 is 0 Å². The zero-order valence-electron chi connectivity index (χ0n) is 13.5. The highest BCUT2D eigenvalue weighted by Gasteiger charge is 2.31. The molecule has 0 aromatic rings. The Morgan fingerprint density at radius 2 is 1.47 bits per heavy atom. The van der Waals surface area contributed by atoms with Crippen LogP contribution < -0.4 is 5.32 Å². The maximum atomic E-state index is 3.62. The molecule has 0 heterocycles. The molecule has 2 fully saturated rings. The van der Waals surface area contributed by atoms with Crippen molar-refractivity contribution in [2.75, 3.05) is 13.6 Å². The van der Waals surface area contributed by atoms with E-state index >= 15 is 0 Å². The van der Waals surface area contributed by atoms with Crippen LogP contribution in [-0.4, -0.2) is 36.6 Å². The second-order valence-electron chi connectivity index (χ2n) is 7.30. The lowest BCUT2D eigenvalue weighted by Gasteiger charge is -2.43. The van der Waals surface area contributed by atoms with Crippen LogP contribution in [0.25, 0.3) is 0 Å². The van der Waals surface area contributed by atoms with Crippen LogP contribution in [0.1, 0.15) is 65.7 Å². The molecule has 2 nitrogen and oxygen atoms in total. The zero-order chi connectivity index (χ0) is 13.8. The molecule has 2 saturated carbocycles. The number of hydrogen-bond donors (Lipinski definition) is 1. The summed E-state index contributed by atoms with van der Waals surface area (Å²) < 4.78 is 0. The first kappa shape index (κ1) is 15.3. The van der Waals surface area contributed by atoms with Gasteiger partial charge in [0.1, 0.15) is 0 Å². The Labute approximate surface area is 120 Å². The van der Waals surface area contributed by atoms with E-state index in [1.807, 2.05) is 0 Å². The molecule has 0 radical (unpaired) electrons. The van der Waals surface area contributed by atoms with Crippen molar-refractivity contribution in [3.63, 3.8) is 0 Å². The van der Waals surface area contributed by atoms with Crippen molar-refractivity contribution in [3.05, 3.63) is 0 Å². The highest BCUT2D eigenvalue weighted by atomic mass is 15.2. The fourth-order valence-electron chi connectivity index (χ4n) is 4.51. The predicted molar refractivity (Wildman–Crippen MR) is 83.5 cm³/mol. The Balaban J connectivity index is 1.81. The van der Waals surface area contributed by atoms with E-state index in [0.29, 0.717) is 0 Å². The molecule has 0 bridgehead atoms. The Hall–Kier alpha value is -0.0800. The Morgan fingerprint density at radius 1 is 0.895 bits per heavy atom. The molecule has 2 atom stereocenters. The van der Waals surface area contributed by atoms with Gasteiger partial charge in [0.05, 0.1) is 0 Å². The van der Waals surface area contributed by atoms with Gasteiger partial charge in [0.2, 0.25) is 0 Å². The van der Waals surface area contributed by atoms with Gasteiger partial charge in [0, 0.05) is 18.1 Å². The van der Waals surface area contributed by atoms with Crippen LogP contribution in [-0.2, 0) is 0 Å². The highest BCUT2D eigenvalue weighted by molar-refractivity contribution is 4.87. The molecule has 0 aromatic heterocycles. The maximum Gasteiger partial charge on any atom is 0.0100 e. The summed E-state index contributed by atoms with van der Waals surface area (Å²) in [5.74, 6) is 1.85. The Bertz CT molecular complexity index is 248. The molecule has 0 spiro atoms. The van der Waals surface area contributed by atoms with Crippen LogP contribution in [0.5, 0.6) is 0 Å². The summed E-state index contributed by atoms with van der Waals surface area (Å²) in [4.78, 5) is 2.74. The van der Waals surface area contributed by atoms with E-state index in [0.717, 1.165) is 36.5 Å². The molecule has 2 heteroatoms. The lowest BCUT2D eigenvalue weighted by atomic mass is 9.78. The van der Waals surface area contributed by atoms with Gasteiger partial charge in [-0.05, 0) is 70.4 Å². The van der Waals surface area contributed by atoms with Crippen molar-refractivity contribution in [1.82, 2.24) is 10.2 Å². The summed E-state index contributed by atoms with van der Waals surface area (Å²) >= 11 is 0. The second kappa shape index (κ2) is 7.08.